The van der Waals surface area contributed by atoms with Crippen LogP contribution in [0.5, 0.6) is 0 Å². The molecule has 0 radical (unpaired) electrons. The second-order valence-corrected chi connectivity index (χ2v) is 6.66. The Hall–Kier alpha value is -3.35. The number of piperidine rings is 1. The first-order valence-electron chi connectivity index (χ1n) is 8.91. The molecule has 3 aromatic rings. The molecule has 1 aliphatic rings. The van der Waals surface area contributed by atoms with Gasteiger partial charge in [0.1, 0.15) is 5.52 Å². The molecular weight excluding hydrogens is 344 g/mol. The molecular formula is C20H20N4O3. The molecule has 1 aliphatic heterocycles. The van der Waals surface area contributed by atoms with Crippen LogP contribution in [0.15, 0.2) is 52.9 Å². The number of aromatic nitrogens is 1. The van der Waals surface area contributed by atoms with Gasteiger partial charge in [-0.15, -0.1) is 0 Å². The fourth-order valence-corrected chi connectivity index (χ4v) is 3.45. The number of fused-ring (bicyclic) bond motifs is 1. The number of oxazole rings is 1. The quantitative estimate of drug-likeness (QED) is 0.744. The maximum absolute atomic E-state index is 12.8. The van der Waals surface area contributed by atoms with E-state index in [1.165, 1.54) is 0 Å². The Balaban J connectivity index is 1.42. The van der Waals surface area contributed by atoms with E-state index >= 15 is 0 Å². The summed E-state index contributed by atoms with van der Waals surface area (Å²) in [5, 5.41) is 2.49. The maximum atomic E-state index is 12.8. The van der Waals surface area contributed by atoms with Gasteiger partial charge < -0.3 is 20.4 Å². The summed E-state index contributed by atoms with van der Waals surface area (Å²) in [5.74, 6) is 0.902. The minimum atomic E-state index is -0.654. The molecule has 0 aliphatic carbocycles. The van der Waals surface area contributed by atoms with Gasteiger partial charge in [0, 0.05) is 30.3 Å². The SMILES string of the molecule is NC(=O)Nc1cccc(C(=O)N2CCC(c3nc4ccccc4o3)CC2)c1. The molecule has 0 atom stereocenters. The lowest BCUT2D eigenvalue weighted by Crippen LogP contribution is -2.38. The first kappa shape index (κ1) is 17.1. The second kappa shape index (κ2) is 7.11. The van der Waals surface area contributed by atoms with Crippen LogP contribution in [0.4, 0.5) is 10.5 Å². The van der Waals surface area contributed by atoms with Gasteiger partial charge in [0.2, 0.25) is 0 Å². The van der Waals surface area contributed by atoms with E-state index in [-0.39, 0.29) is 11.8 Å². The number of anilines is 1. The monoisotopic (exact) mass is 364 g/mol. The molecule has 1 fully saturated rings. The topological polar surface area (TPSA) is 101 Å². The number of hydrogen-bond donors (Lipinski definition) is 2. The van der Waals surface area contributed by atoms with Gasteiger partial charge in [0.15, 0.2) is 11.5 Å². The van der Waals surface area contributed by atoms with Gasteiger partial charge in [-0.1, -0.05) is 18.2 Å². The first-order chi connectivity index (χ1) is 13.1. The summed E-state index contributed by atoms with van der Waals surface area (Å²) in [6.07, 6.45) is 1.61. The lowest BCUT2D eigenvalue weighted by molar-refractivity contribution is 0.0706. The standard InChI is InChI=1S/C20H20N4O3/c21-20(26)22-15-5-3-4-14(12-15)19(25)24-10-8-13(9-11-24)18-23-16-6-1-2-7-17(16)27-18/h1-7,12-13H,8-11H2,(H3,21,22,26). The molecule has 0 bridgehead atoms. The van der Waals surface area contributed by atoms with Crippen molar-refractivity contribution in [3.8, 4) is 0 Å². The van der Waals surface area contributed by atoms with Crippen LogP contribution >= 0.6 is 0 Å². The van der Waals surface area contributed by atoms with Crippen LogP contribution in [-0.4, -0.2) is 34.9 Å². The summed E-state index contributed by atoms with van der Waals surface area (Å²) in [6.45, 7) is 1.27. The van der Waals surface area contributed by atoms with Gasteiger partial charge >= 0.3 is 6.03 Å². The number of rotatable bonds is 3. The van der Waals surface area contributed by atoms with Crippen LogP contribution in [0, 0.1) is 0 Å². The molecule has 4 rings (SSSR count). The van der Waals surface area contributed by atoms with Crippen molar-refractivity contribution in [1.29, 1.82) is 0 Å². The highest BCUT2D eigenvalue weighted by atomic mass is 16.3. The van der Waals surface area contributed by atoms with Gasteiger partial charge in [-0.05, 0) is 43.2 Å². The van der Waals surface area contributed by atoms with Gasteiger partial charge in [-0.2, -0.15) is 0 Å². The van der Waals surface area contributed by atoms with E-state index in [2.05, 4.69) is 10.3 Å². The summed E-state index contributed by atoms with van der Waals surface area (Å²) < 4.78 is 5.87. The summed E-state index contributed by atoms with van der Waals surface area (Å²) in [6, 6.07) is 13.9. The van der Waals surface area contributed by atoms with E-state index in [4.69, 9.17) is 10.2 Å². The molecule has 7 nitrogen and oxygen atoms in total. The van der Waals surface area contributed by atoms with Crippen LogP contribution < -0.4 is 11.1 Å². The molecule has 138 valence electrons. The average molecular weight is 364 g/mol. The first-order valence-corrected chi connectivity index (χ1v) is 8.91. The zero-order valence-corrected chi connectivity index (χ0v) is 14.7. The summed E-state index contributed by atoms with van der Waals surface area (Å²) >= 11 is 0. The third-order valence-electron chi connectivity index (χ3n) is 4.82. The molecule has 3 amide bonds. The molecule has 0 spiro atoms. The molecule has 27 heavy (non-hydrogen) atoms. The number of carbonyl (C=O) groups is 2. The van der Waals surface area contributed by atoms with E-state index in [1.54, 1.807) is 24.3 Å². The Morgan fingerprint density at radius 3 is 2.63 bits per heavy atom. The number of carbonyl (C=O) groups excluding carboxylic acids is 2. The number of primary amides is 1. The number of amides is 3. The van der Waals surface area contributed by atoms with Crippen molar-refractivity contribution in [2.45, 2.75) is 18.8 Å². The van der Waals surface area contributed by atoms with Gasteiger partial charge in [-0.25, -0.2) is 9.78 Å². The van der Waals surface area contributed by atoms with Crippen molar-refractivity contribution < 1.29 is 14.0 Å². The van der Waals surface area contributed by atoms with E-state index in [0.717, 1.165) is 29.8 Å². The minimum absolute atomic E-state index is 0.0564. The second-order valence-electron chi connectivity index (χ2n) is 6.66. The molecule has 1 aromatic heterocycles. The van der Waals surface area contributed by atoms with Crippen LogP contribution in [0.25, 0.3) is 11.1 Å². The van der Waals surface area contributed by atoms with Crippen LogP contribution in [-0.2, 0) is 0 Å². The van der Waals surface area contributed by atoms with E-state index < -0.39 is 6.03 Å². The Kier molecular flexibility index (Phi) is 4.50. The molecule has 7 heteroatoms. The Morgan fingerprint density at radius 1 is 1.11 bits per heavy atom. The molecule has 2 heterocycles. The number of nitrogens with zero attached hydrogens (tertiary/aromatic N) is 2. The molecule has 3 N–H and O–H groups in total. The fourth-order valence-electron chi connectivity index (χ4n) is 3.45. The predicted octanol–water partition coefficient (Wildman–Crippen LogP) is 3.34. The van der Waals surface area contributed by atoms with E-state index in [0.29, 0.717) is 24.3 Å². The van der Waals surface area contributed by atoms with Gasteiger partial charge in [0.25, 0.3) is 5.91 Å². The van der Waals surface area contributed by atoms with Gasteiger partial charge in [-0.3, -0.25) is 4.79 Å². The number of nitrogens with one attached hydrogen (secondary N) is 1. The van der Waals surface area contributed by atoms with Crippen LogP contribution in [0.2, 0.25) is 0 Å². The third kappa shape index (κ3) is 3.62. The van der Waals surface area contributed by atoms with Crippen LogP contribution in [0.3, 0.4) is 0 Å². The minimum Gasteiger partial charge on any atom is -0.440 e. The zero-order valence-electron chi connectivity index (χ0n) is 14.7. The highest BCUT2D eigenvalue weighted by Gasteiger charge is 2.27. The third-order valence-corrected chi connectivity index (χ3v) is 4.82. The van der Waals surface area contributed by atoms with Crippen molar-refractivity contribution in [3.05, 3.63) is 60.0 Å². The number of nitrogens with two attached hydrogens (primary N) is 1. The Labute approximate surface area is 156 Å². The van der Waals surface area contributed by atoms with Crippen molar-refractivity contribution in [1.82, 2.24) is 9.88 Å². The largest absolute Gasteiger partial charge is 0.440 e. The lowest BCUT2D eigenvalue weighted by atomic mass is 9.96. The number of likely N-dealkylation sites (tertiary alicyclic amines) is 1. The summed E-state index contributed by atoms with van der Waals surface area (Å²) in [5.41, 5.74) is 7.83. The molecule has 2 aromatic carbocycles. The predicted molar refractivity (Wildman–Crippen MR) is 102 cm³/mol. The van der Waals surface area contributed by atoms with Crippen molar-refractivity contribution in [2.75, 3.05) is 18.4 Å². The Bertz CT molecular complexity index is 957. The van der Waals surface area contributed by atoms with Gasteiger partial charge in [0.05, 0.1) is 0 Å². The normalized spacial score (nSPS) is 15.0. The van der Waals surface area contributed by atoms with E-state index in [1.807, 2.05) is 29.2 Å². The lowest BCUT2D eigenvalue weighted by Gasteiger charge is -2.30. The molecule has 0 unspecified atom stereocenters. The highest BCUT2D eigenvalue weighted by Crippen LogP contribution is 2.30. The van der Waals surface area contributed by atoms with E-state index in [9.17, 15) is 9.59 Å². The average Bonchev–Trinajstić information content (AvgIpc) is 3.11. The fraction of sp³-hybridized carbons (Fsp3) is 0.250. The number of hydrogen-bond acceptors (Lipinski definition) is 4. The summed E-state index contributed by atoms with van der Waals surface area (Å²) in [7, 11) is 0. The zero-order chi connectivity index (χ0) is 18.8. The molecule has 0 saturated carbocycles. The number of benzene rings is 2. The Morgan fingerprint density at radius 2 is 1.89 bits per heavy atom. The van der Waals surface area contributed by atoms with Crippen LogP contribution in [0.1, 0.15) is 35.0 Å². The smallest absolute Gasteiger partial charge is 0.316 e. The summed E-state index contributed by atoms with van der Waals surface area (Å²) in [4.78, 5) is 30.2. The highest BCUT2D eigenvalue weighted by molar-refractivity contribution is 5.96. The maximum Gasteiger partial charge on any atom is 0.316 e. The van der Waals surface area contributed by atoms with Crippen molar-refractivity contribution in [3.63, 3.8) is 0 Å². The van der Waals surface area contributed by atoms with Crippen molar-refractivity contribution in [2.24, 2.45) is 5.73 Å². The van der Waals surface area contributed by atoms with Crippen molar-refractivity contribution >= 4 is 28.7 Å². The molecule has 1 saturated heterocycles. The number of urea groups is 1. The number of para-hydroxylation sites is 2.